The Bertz CT molecular complexity index is 296. The molecule has 0 fully saturated rings. The van der Waals surface area contributed by atoms with Gasteiger partial charge in [-0.15, -0.1) is 0 Å². The molecule has 0 saturated heterocycles. The molecule has 1 aromatic rings. The molecule has 0 aliphatic heterocycles. The molecule has 0 heterocycles. The van der Waals surface area contributed by atoms with Gasteiger partial charge in [0.2, 0.25) is 0 Å². The van der Waals surface area contributed by atoms with E-state index in [1.807, 2.05) is 0 Å². The van der Waals surface area contributed by atoms with Crippen LogP contribution in [-0.4, -0.2) is 13.2 Å². The molecule has 3 nitrogen and oxygen atoms in total. The van der Waals surface area contributed by atoms with Crippen LogP contribution in [0, 0.1) is 5.82 Å². The van der Waals surface area contributed by atoms with Crippen molar-refractivity contribution < 1.29 is 14.0 Å². The topological polar surface area (TPSA) is 44.5 Å². The summed E-state index contributed by atoms with van der Waals surface area (Å²) in [5.74, 6) is 4.91. The Morgan fingerprint density at radius 2 is 2.14 bits per heavy atom. The third kappa shape index (κ3) is 3.49. The first-order valence-electron chi connectivity index (χ1n) is 4.13. The monoisotopic (exact) mass is 219 g/mol. The van der Waals surface area contributed by atoms with Gasteiger partial charge in [0.25, 0.3) is 0 Å². The summed E-state index contributed by atoms with van der Waals surface area (Å²) in [6.07, 6.45) is 0.657. The van der Waals surface area contributed by atoms with Crippen molar-refractivity contribution in [2.24, 2.45) is 5.90 Å². The lowest BCUT2D eigenvalue weighted by Crippen LogP contribution is -2.06. The van der Waals surface area contributed by atoms with Crippen molar-refractivity contribution in [2.45, 2.75) is 6.42 Å². The van der Waals surface area contributed by atoms with E-state index in [9.17, 15) is 4.39 Å². The first-order valence-corrected chi connectivity index (χ1v) is 4.51. The number of hydrogen-bond donors (Lipinski definition) is 1. The zero-order valence-electron chi connectivity index (χ0n) is 7.50. The van der Waals surface area contributed by atoms with Gasteiger partial charge in [0, 0.05) is 6.42 Å². The molecule has 0 radical (unpaired) electrons. The van der Waals surface area contributed by atoms with Crippen LogP contribution in [0.15, 0.2) is 18.2 Å². The van der Waals surface area contributed by atoms with E-state index >= 15 is 0 Å². The highest BCUT2D eigenvalue weighted by Crippen LogP contribution is 2.24. The third-order valence-electron chi connectivity index (χ3n) is 1.56. The van der Waals surface area contributed by atoms with Gasteiger partial charge in [-0.1, -0.05) is 11.6 Å². The maximum atomic E-state index is 12.6. The molecule has 78 valence electrons. The molecule has 2 N–H and O–H groups in total. The van der Waals surface area contributed by atoms with Crippen molar-refractivity contribution in [1.29, 1.82) is 0 Å². The number of benzene rings is 1. The predicted molar refractivity (Wildman–Crippen MR) is 51.7 cm³/mol. The van der Waals surface area contributed by atoms with Crippen LogP contribution in [0.1, 0.15) is 6.42 Å². The highest BCUT2D eigenvalue weighted by molar-refractivity contribution is 6.32. The van der Waals surface area contributed by atoms with Crippen LogP contribution in [0.25, 0.3) is 0 Å². The minimum Gasteiger partial charge on any atom is -0.492 e. The molecule has 0 unspecified atom stereocenters. The summed E-state index contributed by atoms with van der Waals surface area (Å²) in [6.45, 7) is 0.849. The number of rotatable bonds is 5. The molecule has 1 aromatic carbocycles. The van der Waals surface area contributed by atoms with Crippen molar-refractivity contribution in [1.82, 2.24) is 0 Å². The minimum atomic E-state index is -0.382. The van der Waals surface area contributed by atoms with E-state index in [4.69, 9.17) is 22.2 Å². The lowest BCUT2D eigenvalue weighted by Gasteiger charge is -2.06. The van der Waals surface area contributed by atoms with Gasteiger partial charge in [-0.25, -0.2) is 10.3 Å². The lowest BCUT2D eigenvalue weighted by atomic mass is 10.3. The number of hydrogen-bond acceptors (Lipinski definition) is 3. The van der Waals surface area contributed by atoms with Gasteiger partial charge < -0.3 is 9.57 Å². The first-order chi connectivity index (χ1) is 6.74. The highest BCUT2D eigenvalue weighted by Gasteiger charge is 2.02. The Balaban J connectivity index is 2.42. The van der Waals surface area contributed by atoms with Crippen molar-refractivity contribution in [2.75, 3.05) is 13.2 Å². The van der Waals surface area contributed by atoms with Crippen LogP contribution in [0.4, 0.5) is 4.39 Å². The SMILES string of the molecule is NOCCCOc1ccc(F)cc1Cl. The number of nitrogens with two attached hydrogens (primary N) is 1. The second-order valence-electron chi connectivity index (χ2n) is 2.65. The van der Waals surface area contributed by atoms with E-state index in [-0.39, 0.29) is 10.8 Å². The molecule has 0 saturated carbocycles. The maximum absolute atomic E-state index is 12.6. The summed E-state index contributed by atoms with van der Waals surface area (Å²) < 4.78 is 17.9. The quantitative estimate of drug-likeness (QED) is 0.610. The van der Waals surface area contributed by atoms with Crippen LogP contribution in [0.2, 0.25) is 5.02 Å². The van der Waals surface area contributed by atoms with Crippen LogP contribution in [0.3, 0.4) is 0 Å². The highest BCUT2D eigenvalue weighted by atomic mass is 35.5. The number of halogens is 2. The summed E-state index contributed by atoms with van der Waals surface area (Å²) in [5.41, 5.74) is 0. The molecule has 1 rings (SSSR count). The fourth-order valence-corrected chi connectivity index (χ4v) is 1.14. The Hall–Kier alpha value is -0.840. The molecule has 0 aliphatic carbocycles. The van der Waals surface area contributed by atoms with E-state index in [0.717, 1.165) is 0 Å². The minimum absolute atomic E-state index is 0.263. The van der Waals surface area contributed by atoms with Crippen molar-refractivity contribution in [3.8, 4) is 5.75 Å². The van der Waals surface area contributed by atoms with Gasteiger partial charge in [-0.05, 0) is 18.2 Å². The fourth-order valence-electron chi connectivity index (χ4n) is 0.917. The normalized spacial score (nSPS) is 10.2. The molecule has 0 amide bonds. The second-order valence-corrected chi connectivity index (χ2v) is 3.05. The summed E-state index contributed by atoms with van der Waals surface area (Å²) in [5, 5.41) is 0.263. The maximum Gasteiger partial charge on any atom is 0.138 e. The summed E-state index contributed by atoms with van der Waals surface area (Å²) in [6, 6.07) is 3.98. The third-order valence-corrected chi connectivity index (χ3v) is 1.85. The van der Waals surface area contributed by atoms with Gasteiger partial charge in [0.15, 0.2) is 0 Å². The van der Waals surface area contributed by atoms with E-state index in [1.165, 1.54) is 18.2 Å². The fraction of sp³-hybridized carbons (Fsp3) is 0.333. The first kappa shape index (κ1) is 11.2. The smallest absolute Gasteiger partial charge is 0.138 e. The van der Waals surface area contributed by atoms with E-state index in [0.29, 0.717) is 25.4 Å². The summed E-state index contributed by atoms with van der Waals surface area (Å²) in [4.78, 5) is 4.36. The molecule has 14 heavy (non-hydrogen) atoms. The lowest BCUT2D eigenvalue weighted by molar-refractivity contribution is 0.122. The predicted octanol–water partition coefficient (Wildman–Crippen LogP) is 2.14. The van der Waals surface area contributed by atoms with Crippen molar-refractivity contribution >= 4 is 11.6 Å². The molecular formula is C9H11ClFNO2. The van der Waals surface area contributed by atoms with Crippen LogP contribution in [0.5, 0.6) is 5.75 Å². The summed E-state index contributed by atoms with van der Waals surface area (Å²) >= 11 is 5.72. The summed E-state index contributed by atoms with van der Waals surface area (Å²) in [7, 11) is 0. The van der Waals surface area contributed by atoms with Gasteiger partial charge >= 0.3 is 0 Å². The van der Waals surface area contributed by atoms with Crippen molar-refractivity contribution in [3.63, 3.8) is 0 Å². The van der Waals surface area contributed by atoms with Crippen LogP contribution in [-0.2, 0) is 4.84 Å². The Kier molecular flexibility index (Phi) is 4.65. The van der Waals surface area contributed by atoms with E-state index in [1.54, 1.807) is 0 Å². The molecule has 5 heteroatoms. The van der Waals surface area contributed by atoms with Crippen LogP contribution >= 0.6 is 11.6 Å². The second kappa shape index (κ2) is 5.80. The number of ether oxygens (including phenoxy) is 1. The molecular weight excluding hydrogens is 209 g/mol. The molecule has 0 aliphatic rings. The zero-order valence-corrected chi connectivity index (χ0v) is 8.26. The van der Waals surface area contributed by atoms with Crippen LogP contribution < -0.4 is 10.6 Å². The Labute approximate surface area is 86.5 Å². The Morgan fingerprint density at radius 1 is 1.36 bits per heavy atom. The standard InChI is InChI=1S/C9H11ClFNO2/c10-8-6-7(11)2-3-9(8)13-4-1-5-14-12/h2-3,6H,1,4-5,12H2. The molecule has 0 bridgehead atoms. The van der Waals surface area contributed by atoms with Gasteiger partial charge in [-0.2, -0.15) is 0 Å². The van der Waals surface area contributed by atoms with E-state index in [2.05, 4.69) is 4.84 Å². The average molecular weight is 220 g/mol. The molecule has 0 atom stereocenters. The Morgan fingerprint density at radius 3 is 2.79 bits per heavy atom. The van der Waals surface area contributed by atoms with Gasteiger partial charge in [-0.3, -0.25) is 0 Å². The average Bonchev–Trinajstić information content (AvgIpc) is 2.15. The van der Waals surface area contributed by atoms with Gasteiger partial charge in [0.1, 0.15) is 11.6 Å². The largest absolute Gasteiger partial charge is 0.492 e. The molecule has 0 aromatic heterocycles. The van der Waals surface area contributed by atoms with Gasteiger partial charge in [0.05, 0.1) is 18.2 Å². The van der Waals surface area contributed by atoms with Crippen molar-refractivity contribution in [3.05, 3.63) is 29.0 Å². The molecule has 0 spiro atoms. The van der Waals surface area contributed by atoms with E-state index < -0.39 is 0 Å². The zero-order chi connectivity index (χ0) is 10.4.